The summed E-state index contributed by atoms with van der Waals surface area (Å²) in [5.74, 6) is 2.27. The van der Waals surface area contributed by atoms with Crippen molar-refractivity contribution in [1.29, 1.82) is 0 Å². The summed E-state index contributed by atoms with van der Waals surface area (Å²) in [5.41, 5.74) is 3.25. The standard InChI is InChI=1S/C31H39N3O2/c1-21(25-8-4-2-5-9-25)32-29(35)27-17-26(10-11-28(27)34-12-6-3-7-13-34)33-30(36)31-18-22-14-23(19-31)16-24(15-22)20-31/h2,4-5,8-11,17,21-24H,3,6-7,12-16,18-20H2,1H3,(H,32,35)(H,33,36). The Bertz CT molecular complexity index is 1090. The highest BCUT2D eigenvalue weighted by molar-refractivity contribution is 6.03. The Morgan fingerprint density at radius 1 is 0.889 bits per heavy atom. The van der Waals surface area contributed by atoms with Gasteiger partial charge in [-0.25, -0.2) is 0 Å². The maximum Gasteiger partial charge on any atom is 0.253 e. The lowest BCUT2D eigenvalue weighted by molar-refractivity contribution is -0.140. The normalized spacial score (nSPS) is 29.6. The molecule has 190 valence electrons. The van der Waals surface area contributed by atoms with Crippen LogP contribution in [0.1, 0.15) is 86.7 Å². The quantitative estimate of drug-likeness (QED) is 0.503. The molecule has 2 amide bonds. The summed E-state index contributed by atoms with van der Waals surface area (Å²) in [6.45, 7) is 3.95. The van der Waals surface area contributed by atoms with Crippen molar-refractivity contribution in [2.45, 2.75) is 70.8 Å². The van der Waals surface area contributed by atoms with Gasteiger partial charge in [0, 0.05) is 24.5 Å². The summed E-state index contributed by atoms with van der Waals surface area (Å²) in [5, 5.41) is 6.47. The predicted octanol–water partition coefficient (Wildman–Crippen LogP) is 6.32. The van der Waals surface area contributed by atoms with Gasteiger partial charge in [0.25, 0.3) is 5.91 Å². The molecule has 2 N–H and O–H groups in total. The van der Waals surface area contributed by atoms with Gasteiger partial charge in [-0.3, -0.25) is 9.59 Å². The Morgan fingerprint density at radius 2 is 1.53 bits per heavy atom. The van der Waals surface area contributed by atoms with E-state index >= 15 is 0 Å². The van der Waals surface area contributed by atoms with E-state index in [1.807, 2.05) is 55.5 Å². The lowest BCUT2D eigenvalue weighted by Crippen LogP contribution is -2.51. The number of hydrogen-bond donors (Lipinski definition) is 2. The SMILES string of the molecule is CC(NC(=O)c1cc(NC(=O)C23CC4CC(CC(C4)C2)C3)ccc1N1CCCCC1)c1ccccc1. The van der Waals surface area contributed by atoms with Gasteiger partial charge in [-0.05, 0) is 106 Å². The van der Waals surface area contributed by atoms with Gasteiger partial charge in [0.2, 0.25) is 5.91 Å². The van der Waals surface area contributed by atoms with E-state index in [1.165, 1.54) is 25.7 Å². The van der Waals surface area contributed by atoms with Crippen molar-refractivity contribution < 1.29 is 9.59 Å². The van der Waals surface area contributed by atoms with Crippen molar-refractivity contribution in [2.75, 3.05) is 23.3 Å². The zero-order valence-corrected chi connectivity index (χ0v) is 21.5. The molecule has 0 aromatic heterocycles. The molecular weight excluding hydrogens is 446 g/mol. The molecule has 4 aliphatic carbocycles. The largest absolute Gasteiger partial charge is 0.371 e. The van der Waals surface area contributed by atoms with Gasteiger partial charge >= 0.3 is 0 Å². The molecule has 1 atom stereocenters. The van der Waals surface area contributed by atoms with Crippen molar-refractivity contribution in [3.05, 3.63) is 59.7 Å². The molecular formula is C31H39N3O2. The Morgan fingerprint density at radius 3 is 2.17 bits per heavy atom. The maximum absolute atomic E-state index is 13.7. The van der Waals surface area contributed by atoms with Crippen LogP contribution in [0.15, 0.2) is 48.5 Å². The Kier molecular flexibility index (Phi) is 6.27. The smallest absolute Gasteiger partial charge is 0.253 e. The van der Waals surface area contributed by atoms with Crippen LogP contribution >= 0.6 is 0 Å². The molecule has 4 bridgehead atoms. The lowest BCUT2D eigenvalue weighted by atomic mass is 9.49. The van der Waals surface area contributed by atoms with Gasteiger partial charge in [0.05, 0.1) is 17.0 Å². The number of piperidine rings is 1. The Labute approximate surface area is 215 Å². The number of nitrogens with zero attached hydrogens (tertiary/aromatic N) is 1. The van der Waals surface area contributed by atoms with E-state index in [4.69, 9.17) is 0 Å². The average Bonchev–Trinajstić information content (AvgIpc) is 2.89. The second kappa shape index (κ2) is 9.57. The molecule has 0 spiro atoms. The number of carbonyl (C=O) groups excluding carboxylic acids is 2. The molecule has 1 saturated heterocycles. The highest BCUT2D eigenvalue weighted by Crippen LogP contribution is 2.60. The third-order valence-electron chi connectivity index (χ3n) is 9.36. The molecule has 2 aromatic rings. The number of nitrogens with one attached hydrogen (secondary N) is 2. The number of anilines is 2. The number of hydrogen-bond acceptors (Lipinski definition) is 3. The van der Waals surface area contributed by atoms with Gasteiger partial charge in [-0.2, -0.15) is 0 Å². The van der Waals surface area contributed by atoms with E-state index in [2.05, 4.69) is 15.5 Å². The first-order valence-corrected chi connectivity index (χ1v) is 14.1. The Balaban J connectivity index is 1.25. The van der Waals surface area contributed by atoms with E-state index in [0.29, 0.717) is 5.56 Å². The molecule has 1 unspecified atom stereocenters. The first-order valence-electron chi connectivity index (χ1n) is 14.1. The zero-order valence-electron chi connectivity index (χ0n) is 21.5. The van der Waals surface area contributed by atoms with E-state index in [-0.39, 0.29) is 23.3 Å². The maximum atomic E-state index is 13.7. The van der Waals surface area contributed by atoms with E-state index < -0.39 is 0 Å². The van der Waals surface area contributed by atoms with Gasteiger partial charge in [0.15, 0.2) is 0 Å². The first-order chi connectivity index (χ1) is 17.5. The van der Waals surface area contributed by atoms with E-state index in [1.54, 1.807) is 0 Å². The molecule has 5 heteroatoms. The summed E-state index contributed by atoms with van der Waals surface area (Å²) in [7, 11) is 0. The fraction of sp³-hybridized carbons (Fsp3) is 0.548. The van der Waals surface area contributed by atoms with Crippen molar-refractivity contribution in [2.24, 2.45) is 23.2 Å². The van der Waals surface area contributed by atoms with Crippen LogP contribution in [0.2, 0.25) is 0 Å². The average molecular weight is 486 g/mol. The summed E-state index contributed by atoms with van der Waals surface area (Å²) in [6.07, 6.45) is 10.6. The fourth-order valence-electron chi connectivity index (χ4n) is 7.96. The van der Waals surface area contributed by atoms with Gasteiger partial charge in [-0.1, -0.05) is 30.3 Å². The molecule has 5 aliphatic rings. The third kappa shape index (κ3) is 4.53. The molecule has 1 aliphatic heterocycles. The molecule has 2 aromatic carbocycles. The van der Waals surface area contributed by atoms with Crippen molar-refractivity contribution in [1.82, 2.24) is 5.32 Å². The molecule has 7 rings (SSSR count). The minimum Gasteiger partial charge on any atom is -0.371 e. The Hall–Kier alpha value is -2.82. The third-order valence-corrected chi connectivity index (χ3v) is 9.36. The number of rotatable bonds is 6. The zero-order chi connectivity index (χ0) is 24.7. The summed E-state index contributed by atoms with van der Waals surface area (Å²) in [4.78, 5) is 29.6. The second-order valence-corrected chi connectivity index (χ2v) is 12.0. The van der Waals surface area contributed by atoms with E-state index in [0.717, 1.165) is 79.9 Å². The monoisotopic (exact) mass is 485 g/mol. The second-order valence-electron chi connectivity index (χ2n) is 12.0. The number of benzene rings is 2. The lowest BCUT2D eigenvalue weighted by Gasteiger charge is -2.55. The first kappa shape index (κ1) is 23.6. The number of carbonyl (C=O) groups is 2. The van der Waals surface area contributed by atoms with Crippen LogP contribution in [-0.2, 0) is 4.79 Å². The predicted molar refractivity (Wildman–Crippen MR) is 144 cm³/mol. The summed E-state index contributed by atoms with van der Waals surface area (Å²) >= 11 is 0. The summed E-state index contributed by atoms with van der Waals surface area (Å²) < 4.78 is 0. The molecule has 36 heavy (non-hydrogen) atoms. The van der Waals surface area contributed by atoms with Crippen LogP contribution in [0.5, 0.6) is 0 Å². The molecule has 1 heterocycles. The van der Waals surface area contributed by atoms with Crippen molar-refractivity contribution >= 4 is 23.2 Å². The highest BCUT2D eigenvalue weighted by atomic mass is 16.2. The van der Waals surface area contributed by atoms with Crippen LogP contribution in [0.25, 0.3) is 0 Å². The van der Waals surface area contributed by atoms with Gasteiger partial charge in [0.1, 0.15) is 0 Å². The van der Waals surface area contributed by atoms with Gasteiger partial charge in [-0.15, -0.1) is 0 Å². The fourth-order valence-corrected chi connectivity index (χ4v) is 7.96. The minimum atomic E-state index is -0.204. The van der Waals surface area contributed by atoms with Crippen LogP contribution in [0, 0.1) is 23.2 Å². The van der Waals surface area contributed by atoms with Gasteiger partial charge < -0.3 is 15.5 Å². The highest BCUT2D eigenvalue weighted by Gasteiger charge is 2.54. The van der Waals surface area contributed by atoms with Crippen molar-refractivity contribution in [3.63, 3.8) is 0 Å². The summed E-state index contributed by atoms with van der Waals surface area (Å²) in [6, 6.07) is 15.9. The van der Waals surface area contributed by atoms with Crippen LogP contribution in [0.4, 0.5) is 11.4 Å². The topological polar surface area (TPSA) is 61.4 Å². The molecule has 0 radical (unpaired) electrons. The molecule has 5 nitrogen and oxygen atoms in total. The van der Waals surface area contributed by atoms with Crippen LogP contribution in [0.3, 0.4) is 0 Å². The van der Waals surface area contributed by atoms with E-state index in [9.17, 15) is 9.59 Å². The minimum absolute atomic E-state index is 0.0853. The van der Waals surface area contributed by atoms with Crippen LogP contribution in [-0.4, -0.2) is 24.9 Å². The van der Waals surface area contributed by atoms with Crippen LogP contribution < -0.4 is 15.5 Å². The molecule has 4 saturated carbocycles. The van der Waals surface area contributed by atoms with Crippen molar-refractivity contribution in [3.8, 4) is 0 Å². The molecule has 5 fully saturated rings. The number of amides is 2.